The molecule has 0 atom stereocenters. The molecule has 0 saturated carbocycles. The molecule has 0 aliphatic carbocycles. The molecule has 0 unspecified atom stereocenters. The number of carbonyl (C=O) groups excluding carboxylic acids is 1. The number of carbonyl (C=O) groups is 1. The van der Waals surface area contributed by atoms with Crippen LogP contribution in [0, 0.1) is 12.7 Å². The van der Waals surface area contributed by atoms with Crippen LogP contribution >= 0.6 is 11.3 Å². The van der Waals surface area contributed by atoms with E-state index in [1.165, 1.54) is 25.5 Å². The first-order valence-corrected chi connectivity index (χ1v) is 9.39. The van der Waals surface area contributed by atoms with Crippen LogP contribution in [0.5, 0.6) is 11.5 Å². The van der Waals surface area contributed by atoms with Crippen molar-refractivity contribution in [3.8, 4) is 11.5 Å². The number of thiazole rings is 1. The summed E-state index contributed by atoms with van der Waals surface area (Å²) in [6.45, 7) is 1.98. The Hall–Kier alpha value is -3.46. The van der Waals surface area contributed by atoms with Crippen LogP contribution in [0.2, 0.25) is 0 Å². The molecule has 0 spiro atoms. The number of hydrogen-bond acceptors (Lipinski definition) is 7. The topological polar surface area (TPSA) is 98.8 Å². The number of benzene rings is 2. The Morgan fingerprint density at radius 3 is 2.69 bits per heavy atom. The smallest absolute Gasteiger partial charge is 0.283 e. The van der Waals surface area contributed by atoms with Gasteiger partial charge in [0.15, 0.2) is 16.6 Å². The van der Waals surface area contributed by atoms with Crippen LogP contribution in [-0.2, 0) is 6.61 Å². The highest BCUT2D eigenvalue weighted by Crippen LogP contribution is 2.28. The van der Waals surface area contributed by atoms with Crippen molar-refractivity contribution in [3.05, 3.63) is 70.0 Å². The van der Waals surface area contributed by atoms with Gasteiger partial charge in [-0.2, -0.15) is 5.10 Å². The molecule has 0 aliphatic rings. The van der Waals surface area contributed by atoms with E-state index in [1.54, 1.807) is 37.3 Å². The summed E-state index contributed by atoms with van der Waals surface area (Å²) in [5, 5.41) is 4.29. The summed E-state index contributed by atoms with van der Waals surface area (Å²) in [5.74, 6) is 0.373. The molecule has 1 amide bonds. The largest absolute Gasteiger partial charge is 0.493 e. The average Bonchev–Trinajstić information content (AvgIpc) is 3.06. The highest BCUT2D eigenvalue weighted by molar-refractivity contribution is 7.17. The minimum atomic E-state index is -0.376. The van der Waals surface area contributed by atoms with Crippen molar-refractivity contribution in [2.75, 3.05) is 12.8 Å². The Morgan fingerprint density at radius 1 is 1.28 bits per heavy atom. The van der Waals surface area contributed by atoms with Crippen molar-refractivity contribution >= 4 is 28.6 Å². The minimum absolute atomic E-state index is 0.275. The van der Waals surface area contributed by atoms with Crippen LogP contribution in [0.25, 0.3) is 0 Å². The molecule has 3 N–H and O–H groups in total. The van der Waals surface area contributed by atoms with Gasteiger partial charge in [-0.1, -0.05) is 23.5 Å². The molecule has 7 nitrogen and oxygen atoms in total. The number of nitrogens with one attached hydrogen (secondary N) is 1. The minimum Gasteiger partial charge on any atom is -0.493 e. The lowest BCUT2D eigenvalue weighted by Crippen LogP contribution is -2.17. The van der Waals surface area contributed by atoms with Crippen LogP contribution in [0.3, 0.4) is 0 Å². The molecule has 0 bridgehead atoms. The summed E-state index contributed by atoms with van der Waals surface area (Å²) in [4.78, 5) is 16.5. The molecule has 0 radical (unpaired) electrons. The van der Waals surface area contributed by atoms with Gasteiger partial charge in [0, 0.05) is 0 Å². The molecule has 0 aliphatic heterocycles. The number of nitrogen functional groups attached to an aromatic ring is 1. The Kier molecular flexibility index (Phi) is 6.40. The third kappa shape index (κ3) is 5.29. The zero-order valence-corrected chi connectivity index (χ0v) is 16.6. The Bertz CT molecular complexity index is 1030. The number of hydrogen-bond donors (Lipinski definition) is 2. The van der Waals surface area contributed by atoms with Gasteiger partial charge in [0.1, 0.15) is 17.3 Å². The quantitative estimate of drug-likeness (QED) is 0.455. The molecule has 150 valence electrons. The van der Waals surface area contributed by atoms with E-state index in [9.17, 15) is 9.18 Å². The number of aryl methyl sites for hydroxylation is 1. The average molecular weight is 414 g/mol. The van der Waals surface area contributed by atoms with Gasteiger partial charge in [0.25, 0.3) is 5.91 Å². The normalized spacial score (nSPS) is 10.9. The fourth-order valence-electron chi connectivity index (χ4n) is 2.47. The van der Waals surface area contributed by atoms with E-state index >= 15 is 0 Å². The number of methoxy groups -OCH3 is 1. The SMILES string of the molecule is COc1cc(/C=N/NC(=O)c2sc(N)nc2C)ccc1OCc1ccc(F)cc1. The highest BCUT2D eigenvalue weighted by atomic mass is 32.1. The number of ether oxygens (including phenoxy) is 2. The number of aromatic nitrogens is 1. The molecule has 2 aromatic carbocycles. The Labute approximate surface area is 171 Å². The standard InChI is InChI=1S/C20H19FN4O3S/c1-12-18(29-20(22)24-12)19(26)25-23-10-14-5-8-16(17(9-14)27-2)28-11-13-3-6-15(21)7-4-13/h3-10H,11H2,1-2H3,(H2,22,24)(H,25,26)/b23-10+. The molecule has 0 saturated heterocycles. The second-order valence-electron chi connectivity index (χ2n) is 5.99. The molecule has 3 aromatic rings. The molecule has 0 fully saturated rings. The van der Waals surface area contributed by atoms with Gasteiger partial charge in [-0.05, 0) is 48.4 Å². The van der Waals surface area contributed by atoms with Gasteiger partial charge in [-0.3, -0.25) is 4.79 Å². The van der Waals surface area contributed by atoms with Gasteiger partial charge < -0.3 is 15.2 Å². The number of nitrogens with two attached hydrogens (primary N) is 1. The van der Waals surface area contributed by atoms with E-state index in [0.717, 1.165) is 16.9 Å². The summed E-state index contributed by atoms with van der Waals surface area (Å²) in [6, 6.07) is 11.3. The summed E-state index contributed by atoms with van der Waals surface area (Å²) < 4.78 is 24.1. The number of nitrogens with zero attached hydrogens (tertiary/aromatic N) is 2. The van der Waals surface area contributed by atoms with Crippen molar-refractivity contribution in [2.45, 2.75) is 13.5 Å². The second kappa shape index (κ2) is 9.16. The van der Waals surface area contributed by atoms with Crippen LogP contribution < -0.4 is 20.6 Å². The molecule has 29 heavy (non-hydrogen) atoms. The molecule has 9 heteroatoms. The van der Waals surface area contributed by atoms with Crippen molar-refractivity contribution in [1.82, 2.24) is 10.4 Å². The summed E-state index contributed by atoms with van der Waals surface area (Å²) in [7, 11) is 1.53. The predicted octanol–water partition coefficient (Wildman–Crippen LogP) is 3.52. The number of amides is 1. The fraction of sp³-hybridized carbons (Fsp3) is 0.150. The second-order valence-corrected chi connectivity index (χ2v) is 7.02. The van der Waals surface area contributed by atoms with Crippen molar-refractivity contribution in [1.29, 1.82) is 0 Å². The summed E-state index contributed by atoms with van der Waals surface area (Å²) in [6.07, 6.45) is 1.49. The van der Waals surface area contributed by atoms with E-state index in [-0.39, 0.29) is 18.3 Å². The van der Waals surface area contributed by atoms with Gasteiger partial charge in [0.05, 0.1) is 19.0 Å². The summed E-state index contributed by atoms with van der Waals surface area (Å²) in [5.41, 5.74) is 10.1. The van der Waals surface area contributed by atoms with Crippen LogP contribution in [-0.4, -0.2) is 24.2 Å². The molecular weight excluding hydrogens is 395 g/mol. The highest BCUT2D eigenvalue weighted by Gasteiger charge is 2.13. The lowest BCUT2D eigenvalue weighted by atomic mass is 10.2. The van der Waals surface area contributed by atoms with Gasteiger partial charge >= 0.3 is 0 Å². The van der Waals surface area contributed by atoms with Crippen LogP contribution in [0.15, 0.2) is 47.6 Å². The fourth-order valence-corrected chi connectivity index (χ4v) is 3.19. The van der Waals surface area contributed by atoms with E-state index in [1.807, 2.05) is 0 Å². The monoisotopic (exact) mass is 414 g/mol. The maximum atomic E-state index is 13.0. The zero-order valence-electron chi connectivity index (χ0n) is 15.8. The van der Waals surface area contributed by atoms with Gasteiger partial charge in [-0.15, -0.1) is 0 Å². The van der Waals surface area contributed by atoms with E-state index in [2.05, 4.69) is 15.5 Å². The first kappa shape index (κ1) is 20.3. The van der Waals surface area contributed by atoms with Gasteiger partial charge in [-0.25, -0.2) is 14.8 Å². The van der Waals surface area contributed by atoms with Gasteiger partial charge in [0.2, 0.25) is 0 Å². The predicted molar refractivity (Wildman–Crippen MR) is 110 cm³/mol. The lowest BCUT2D eigenvalue weighted by Gasteiger charge is -2.11. The maximum absolute atomic E-state index is 13.0. The Balaban J connectivity index is 1.63. The molecule has 1 aromatic heterocycles. The van der Waals surface area contributed by atoms with E-state index in [0.29, 0.717) is 32.8 Å². The molecule has 1 heterocycles. The van der Waals surface area contributed by atoms with E-state index in [4.69, 9.17) is 15.2 Å². The lowest BCUT2D eigenvalue weighted by molar-refractivity contribution is 0.0958. The maximum Gasteiger partial charge on any atom is 0.283 e. The number of halogens is 1. The van der Waals surface area contributed by atoms with Crippen molar-refractivity contribution in [3.63, 3.8) is 0 Å². The molecular formula is C20H19FN4O3S. The van der Waals surface area contributed by atoms with Crippen LogP contribution in [0.4, 0.5) is 9.52 Å². The Morgan fingerprint density at radius 2 is 2.03 bits per heavy atom. The molecule has 3 rings (SSSR count). The van der Waals surface area contributed by atoms with E-state index < -0.39 is 0 Å². The zero-order chi connectivity index (χ0) is 20.8. The summed E-state index contributed by atoms with van der Waals surface area (Å²) >= 11 is 1.10. The first-order chi connectivity index (χ1) is 14.0. The number of anilines is 1. The van der Waals surface area contributed by atoms with Crippen molar-refractivity contribution < 1.29 is 18.7 Å². The first-order valence-electron chi connectivity index (χ1n) is 8.58. The number of rotatable bonds is 7. The van der Waals surface area contributed by atoms with Crippen LogP contribution in [0.1, 0.15) is 26.5 Å². The third-order valence-electron chi connectivity index (χ3n) is 3.89. The number of hydrazone groups is 1. The third-order valence-corrected chi connectivity index (χ3v) is 4.88. The van der Waals surface area contributed by atoms with Crippen molar-refractivity contribution in [2.24, 2.45) is 5.10 Å².